The predicted molar refractivity (Wildman–Crippen MR) is 216 cm³/mol. The Bertz CT molecular complexity index is 2760. The van der Waals surface area contributed by atoms with E-state index in [1.165, 1.54) is 88.0 Å². The quantitative estimate of drug-likeness (QED) is 0.173. The monoisotopic (exact) mass is 654 g/mol. The van der Waals surface area contributed by atoms with Crippen LogP contribution in [-0.4, -0.2) is 9.55 Å². The maximum Gasteiger partial charge on any atom is 0.0701 e. The summed E-state index contributed by atoms with van der Waals surface area (Å²) < 4.78 is 2.43. The summed E-state index contributed by atoms with van der Waals surface area (Å²) in [6.07, 6.45) is 3.93. The van der Waals surface area contributed by atoms with Gasteiger partial charge in [0.1, 0.15) is 0 Å². The zero-order chi connectivity index (χ0) is 34.3. The van der Waals surface area contributed by atoms with Crippen LogP contribution in [0.2, 0.25) is 0 Å². The lowest BCUT2D eigenvalue weighted by molar-refractivity contribution is 0.590. The van der Waals surface area contributed by atoms with Gasteiger partial charge in [-0.05, 0) is 121 Å². The lowest BCUT2D eigenvalue weighted by Crippen LogP contribution is -2.13. The molecular weight excluding hydrogens is 617 g/mol. The van der Waals surface area contributed by atoms with Crippen LogP contribution in [0.1, 0.15) is 37.5 Å². The van der Waals surface area contributed by atoms with Gasteiger partial charge in [-0.15, -0.1) is 0 Å². The summed E-state index contributed by atoms with van der Waals surface area (Å²) in [6, 6.07) is 54.0. The molecule has 0 saturated carbocycles. The van der Waals surface area contributed by atoms with Gasteiger partial charge in [0, 0.05) is 28.2 Å². The smallest absolute Gasteiger partial charge is 0.0701 e. The van der Waals surface area contributed by atoms with Gasteiger partial charge in [0.2, 0.25) is 0 Å². The summed E-state index contributed by atoms with van der Waals surface area (Å²) in [6.45, 7) is 6.97. The number of pyridine rings is 1. The average Bonchev–Trinajstić information content (AvgIpc) is 3.51. The van der Waals surface area contributed by atoms with Crippen LogP contribution in [0.4, 0.5) is 0 Å². The Morgan fingerprint density at radius 1 is 0.529 bits per heavy atom. The number of aromatic nitrogens is 2. The first-order valence-corrected chi connectivity index (χ1v) is 18.1. The van der Waals surface area contributed by atoms with E-state index in [9.17, 15) is 0 Å². The van der Waals surface area contributed by atoms with E-state index in [4.69, 9.17) is 0 Å². The maximum absolute atomic E-state index is 4.61. The van der Waals surface area contributed by atoms with Gasteiger partial charge in [0.15, 0.2) is 0 Å². The van der Waals surface area contributed by atoms with Gasteiger partial charge in [0.05, 0.1) is 16.7 Å². The molecule has 0 unspecified atom stereocenters. The van der Waals surface area contributed by atoms with E-state index in [1.807, 2.05) is 12.3 Å². The van der Waals surface area contributed by atoms with Crippen molar-refractivity contribution in [3.05, 3.63) is 168 Å². The van der Waals surface area contributed by atoms with Crippen molar-refractivity contribution in [1.82, 2.24) is 9.55 Å². The Morgan fingerprint density at radius 2 is 1.25 bits per heavy atom. The molecule has 7 aromatic carbocycles. The number of nitrogens with zero attached hydrogens (tertiary/aromatic N) is 2. The van der Waals surface area contributed by atoms with Gasteiger partial charge in [-0.2, -0.15) is 0 Å². The molecule has 2 nitrogen and oxygen atoms in total. The molecule has 0 atom stereocenters. The van der Waals surface area contributed by atoms with Crippen molar-refractivity contribution in [3.8, 4) is 39.2 Å². The third-order valence-electron chi connectivity index (χ3n) is 11.1. The summed E-state index contributed by atoms with van der Waals surface area (Å²) in [5.74, 6) is 0. The summed E-state index contributed by atoms with van der Waals surface area (Å²) in [7, 11) is 0. The van der Waals surface area contributed by atoms with Gasteiger partial charge in [-0.3, -0.25) is 4.98 Å². The predicted octanol–water partition coefficient (Wildman–Crippen LogP) is 12.9. The second kappa shape index (κ2) is 11.3. The lowest BCUT2D eigenvalue weighted by atomic mass is 9.77. The van der Waals surface area contributed by atoms with Crippen LogP contribution >= 0.6 is 0 Å². The normalized spacial score (nSPS) is 12.8. The fourth-order valence-electron chi connectivity index (χ4n) is 8.55. The Balaban J connectivity index is 1.24. The minimum atomic E-state index is 0.0928. The Morgan fingerprint density at radius 3 is 1.98 bits per heavy atom. The van der Waals surface area contributed by atoms with E-state index in [0.29, 0.717) is 0 Å². The molecule has 9 aromatic rings. The van der Waals surface area contributed by atoms with Crippen molar-refractivity contribution in [1.29, 1.82) is 0 Å². The second-order valence-corrected chi connectivity index (χ2v) is 15.1. The van der Waals surface area contributed by atoms with E-state index in [1.54, 1.807) is 0 Å². The molecule has 0 saturated heterocycles. The summed E-state index contributed by atoms with van der Waals surface area (Å²) >= 11 is 0. The molecule has 0 fully saturated rings. The minimum Gasteiger partial charge on any atom is -0.309 e. The van der Waals surface area contributed by atoms with Crippen molar-refractivity contribution >= 4 is 43.4 Å². The first-order chi connectivity index (χ1) is 24.9. The lowest BCUT2D eigenvalue weighted by Gasteiger charge is -2.27. The van der Waals surface area contributed by atoms with E-state index in [0.717, 1.165) is 24.1 Å². The molecular formula is C49H38N2. The number of hydrogen-bond donors (Lipinski definition) is 0. The largest absolute Gasteiger partial charge is 0.309 e. The number of para-hydroxylation sites is 2. The summed E-state index contributed by atoms with van der Waals surface area (Å²) in [4.78, 5) is 4.61. The van der Waals surface area contributed by atoms with Gasteiger partial charge in [0.25, 0.3) is 0 Å². The van der Waals surface area contributed by atoms with Gasteiger partial charge >= 0.3 is 0 Å². The highest BCUT2D eigenvalue weighted by Crippen LogP contribution is 2.46. The summed E-state index contributed by atoms with van der Waals surface area (Å²) in [5, 5.41) is 8.08. The molecule has 0 amide bonds. The molecule has 0 aliphatic heterocycles. The summed E-state index contributed by atoms with van der Waals surface area (Å²) in [5.41, 5.74) is 15.3. The molecule has 51 heavy (non-hydrogen) atoms. The van der Waals surface area contributed by atoms with Crippen LogP contribution < -0.4 is 0 Å². The van der Waals surface area contributed by atoms with Crippen molar-refractivity contribution in [2.75, 3.05) is 0 Å². The molecule has 244 valence electrons. The maximum atomic E-state index is 4.61. The molecule has 2 aromatic heterocycles. The Kier molecular flexibility index (Phi) is 6.60. The van der Waals surface area contributed by atoms with Crippen LogP contribution in [0.15, 0.2) is 152 Å². The highest BCUT2D eigenvalue weighted by molar-refractivity contribution is 6.18. The molecule has 2 heterocycles. The van der Waals surface area contributed by atoms with Crippen LogP contribution in [0, 0.1) is 0 Å². The van der Waals surface area contributed by atoms with Crippen LogP contribution in [0.25, 0.3) is 82.5 Å². The average molecular weight is 655 g/mol. The number of aryl methyl sites for hydroxylation is 2. The topological polar surface area (TPSA) is 17.8 Å². The van der Waals surface area contributed by atoms with Gasteiger partial charge in [-0.1, -0.05) is 124 Å². The molecule has 10 rings (SSSR count). The second-order valence-electron chi connectivity index (χ2n) is 15.1. The van der Waals surface area contributed by atoms with Gasteiger partial charge in [-0.25, -0.2) is 0 Å². The van der Waals surface area contributed by atoms with Crippen molar-refractivity contribution in [2.45, 2.75) is 39.0 Å². The Hall–Kier alpha value is -5.99. The molecule has 0 radical (unpaired) electrons. The first kappa shape index (κ1) is 29.9. The van der Waals surface area contributed by atoms with E-state index < -0.39 is 0 Å². The molecule has 0 spiro atoms. The zero-order valence-corrected chi connectivity index (χ0v) is 29.2. The number of rotatable bonds is 4. The molecule has 2 heteroatoms. The SMILES string of the molecule is CC(C)(C)c1cc2c3c(ccc4c(-c5ccc(-c6ccccn6)cc5)cc(-c5cccc(-n6c7ccccc7c7ccccc76)c5)c(c43)CC2)c1. The van der Waals surface area contributed by atoms with Crippen LogP contribution in [-0.2, 0) is 18.3 Å². The molecule has 0 N–H and O–H groups in total. The highest BCUT2D eigenvalue weighted by Gasteiger charge is 2.25. The van der Waals surface area contributed by atoms with E-state index in [2.05, 4.69) is 170 Å². The fraction of sp³-hybridized carbons (Fsp3) is 0.122. The van der Waals surface area contributed by atoms with Gasteiger partial charge < -0.3 is 4.57 Å². The Labute approximate surface area is 298 Å². The van der Waals surface area contributed by atoms with Crippen molar-refractivity contribution in [3.63, 3.8) is 0 Å². The third-order valence-corrected chi connectivity index (χ3v) is 11.1. The molecule has 1 aliphatic carbocycles. The number of hydrogen-bond acceptors (Lipinski definition) is 1. The van der Waals surface area contributed by atoms with E-state index >= 15 is 0 Å². The minimum absolute atomic E-state index is 0.0928. The molecule has 1 aliphatic rings. The fourth-order valence-corrected chi connectivity index (χ4v) is 8.55. The van der Waals surface area contributed by atoms with E-state index in [-0.39, 0.29) is 5.41 Å². The van der Waals surface area contributed by atoms with Crippen LogP contribution in [0.5, 0.6) is 0 Å². The highest BCUT2D eigenvalue weighted by atomic mass is 15.0. The number of fused-ring (bicyclic) bond motifs is 3. The number of benzene rings is 7. The van der Waals surface area contributed by atoms with Crippen molar-refractivity contribution in [2.24, 2.45) is 0 Å². The van der Waals surface area contributed by atoms with Crippen LogP contribution in [0.3, 0.4) is 0 Å². The standard InChI is InChI=1S/C49H38N2/c1-49(2,3)36-27-34-22-24-40-42(31-18-20-32(21-19-31)44-15-8-9-26-50-44)30-43(41-25-23-35(28-36)47(34)48(40)41)33-11-10-12-37(29-33)51-45-16-6-4-13-38(45)39-14-5-7-17-46(39)51/h4-22,24,26-30H,23,25H2,1-3H3. The van der Waals surface area contributed by atoms with Crippen molar-refractivity contribution < 1.29 is 0 Å². The first-order valence-electron chi connectivity index (χ1n) is 18.1. The zero-order valence-electron chi connectivity index (χ0n) is 29.2. The molecule has 0 bridgehead atoms. The third kappa shape index (κ3) is 4.74.